The van der Waals surface area contributed by atoms with Crippen LogP contribution in [0.2, 0.25) is 0 Å². The van der Waals surface area contributed by atoms with E-state index in [4.69, 9.17) is 9.47 Å². The summed E-state index contributed by atoms with van der Waals surface area (Å²) in [4.78, 5) is 29.7. The molecule has 1 heterocycles. The van der Waals surface area contributed by atoms with Gasteiger partial charge in [-0.1, -0.05) is 18.2 Å². The van der Waals surface area contributed by atoms with Gasteiger partial charge in [-0.25, -0.2) is 0 Å². The average molecular weight is 488 g/mol. The highest BCUT2D eigenvalue weighted by Crippen LogP contribution is 2.29. The molecule has 36 heavy (non-hydrogen) atoms. The molecule has 0 radical (unpaired) electrons. The minimum atomic E-state index is -0.413. The van der Waals surface area contributed by atoms with E-state index in [0.717, 1.165) is 37.1 Å². The fourth-order valence-corrected chi connectivity index (χ4v) is 4.09. The topological polar surface area (TPSA) is 94.3 Å². The Kier molecular flexibility index (Phi) is 7.95. The molecule has 0 unspecified atom stereocenters. The van der Waals surface area contributed by atoms with Crippen molar-refractivity contribution >= 4 is 23.5 Å². The minimum absolute atomic E-state index is 0.0369. The molecule has 0 aliphatic carbocycles. The number of hydrogen-bond donors (Lipinski definition) is 0. The number of nitro benzene ring substituents is 1. The molecule has 3 aromatic carbocycles. The number of hydrogen-bond acceptors (Lipinski definition) is 6. The third-order valence-electron chi connectivity index (χ3n) is 6.18. The van der Waals surface area contributed by atoms with Gasteiger partial charge in [-0.3, -0.25) is 19.9 Å². The maximum Gasteiger partial charge on any atom is 0.274 e. The SMILES string of the molecule is COc1cc(C=Nc2ccc(C)c([N+](=O)[O-])c2)ccc1OCc1ccc(C(=O)N2CCCCC2)cc1. The van der Waals surface area contributed by atoms with Gasteiger partial charge in [0.25, 0.3) is 11.6 Å². The predicted molar refractivity (Wildman–Crippen MR) is 139 cm³/mol. The van der Waals surface area contributed by atoms with Gasteiger partial charge in [0, 0.05) is 36.5 Å². The molecule has 0 aromatic heterocycles. The number of rotatable bonds is 8. The van der Waals surface area contributed by atoms with Crippen molar-refractivity contribution < 1.29 is 19.2 Å². The number of aliphatic imine (C=N–C) groups is 1. The van der Waals surface area contributed by atoms with Gasteiger partial charge in [0.15, 0.2) is 11.5 Å². The number of methoxy groups -OCH3 is 1. The maximum absolute atomic E-state index is 12.6. The van der Waals surface area contributed by atoms with E-state index in [1.54, 1.807) is 44.5 Å². The molecule has 8 nitrogen and oxygen atoms in total. The molecular weight excluding hydrogens is 458 g/mol. The first-order chi connectivity index (χ1) is 17.4. The van der Waals surface area contributed by atoms with Gasteiger partial charge in [-0.05, 0) is 73.7 Å². The van der Waals surface area contributed by atoms with Crippen molar-refractivity contribution in [3.8, 4) is 11.5 Å². The largest absolute Gasteiger partial charge is 0.493 e. The second kappa shape index (κ2) is 11.5. The van der Waals surface area contributed by atoms with E-state index in [1.807, 2.05) is 35.2 Å². The van der Waals surface area contributed by atoms with Crippen molar-refractivity contribution in [2.75, 3.05) is 20.2 Å². The van der Waals surface area contributed by atoms with E-state index in [9.17, 15) is 14.9 Å². The van der Waals surface area contributed by atoms with Crippen LogP contribution in [0.4, 0.5) is 11.4 Å². The van der Waals surface area contributed by atoms with Gasteiger partial charge in [-0.15, -0.1) is 0 Å². The van der Waals surface area contributed by atoms with E-state index in [1.165, 1.54) is 12.5 Å². The van der Waals surface area contributed by atoms with Crippen LogP contribution in [-0.2, 0) is 6.61 Å². The number of likely N-dealkylation sites (tertiary alicyclic amines) is 1. The van der Waals surface area contributed by atoms with Crippen LogP contribution in [0.3, 0.4) is 0 Å². The third kappa shape index (κ3) is 6.07. The lowest BCUT2D eigenvalue weighted by Crippen LogP contribution is -2.35. The Morgan fingerprint density at radius 3 is 2.47 bits per heavy atom. The van der Waals surface area contributed by atoms with Crippen molar-refractivity contribution in [1.29, 1.82) is 0 Å². The Morgan fingerprint density at radius 2 is 1.78 bits per heavy atom. The van der Waals surface area contributed by atoms with E-state index in [0.29, 0.717) is 34.9 Å². The van der Waals surface area contributed by atoms with E-state index in [-0.39, 0.29) is 11.6 Å². The molecule has 0 N–H and O–H groups in total. The average Bonchev–Trinajstić information content (AvgIpc) is 2.91. The maximum atomic E-state index is 12.6. The van der Waals surface area contributed by atoms with Gasteiger partial charge in [-0.2, -0.15) is 0 Å². The summed E-state index contributed by atoms with van der Waals surface area (Å²) in [5.41, 5.74) is 3.52. The van der Waals surface area contributed by atoms with Gasteiger partial charge in [0.2, 0.25) is 0 Å². The van der Waals surface area contributed by atoms with Crippen LogP contribution in [0.1, 0.15) is 46.3 Å². The van der Waals surface area contributed by atoms with Crippen LogP contribution in [0.5, 0.6) is 11.5 Å². The summed E-state index contributed by atoms with van der Waals surface area (Å²) in [6.45, 7) is 3.68. The highest BCUT2D eigenvalue weighted by Gasteiger charge is 2.18. The molecule has 1 aliphatic rings. The normalized spacial score (nSPS) is 13.6. The Morgan fingerprint density at radius 1 is 1.03 bits per heavy atom. The zero-order valence-corrected chi connectivity index (χ0v) is 20.5. The zero-order valence-electron chi connectivity index (χ0n) is 20.5. The van der Waals surface area contributed by atoms with Crippen molar-refractivity contribution in [2.24, 2.45) is 4.99 Å². The molecule has 0 atom stereocenters. The van der Waals surface area contributed by atoms with Crippen LogP contribution in [0.25, 0.3) is 0 Å². The number of amides is 1. The van der Waals surface area contributed by atoms with Crippen LogP contribution in [0, 0.1) is 17.0 Å². The standard InChI is InChI=1S/C28H29N3O5/c1-20-6-12-24(17-25(20)31(33)34)29-18-22-9-13-26(27(16-22)35-2)36-19-21-7-10-23(11-8-21)28(32)30-14-4-3-5-15-30/h6-13,16-18H,3-5,14-15,19H2,1-2H3. The van der Waals surface area contributed by atoms with E-state index >= 15 is 0 Å². The Balaban J connectivity index is 1.39. The molecule has 1 amide bonds. The summed E-state index contributed by atoms with van der Waals surface area (Å²) in [6.07, 6.45) is 4.95. The van der Waals surface area contributed by atoms with E-state index < -0.39 is 4.92 Å². The highest BCUT2D eigenvalue weighted by molar-refractivity contribution is 5.94. The summed E-state index contributed by atoms with van der Waals surface area (Å²) in [5.74, 6) is 1.21. The van der Waals surface area contributed by atoms with Gasteiger partial charge in [0.1, 0.15) is 6.61 Å². The first kappa shape index (κ1) is 24.9. The zero-order chi connectivity index (χ0) is 25.5. The van der Waals surface area contributed by atoms with Crippen molar-refractivity contribution in [2.45, 2.75) is 32.8 Å². The number of carbonyl (C=O) groups excluding carboxylic acids is 1. The fourth-order valence-electron chi connectivity index (χ4n) is 4.09. The van der Waals surface area contributed by atoms with E-state index in [2.05, 4.69) is 4.99 Å². The Bertz CT molecular complexity index is 1260. The molecule has 8 heteroatoms. The monoisotopic (exact) mass is 487 g/mol. The number of ether oxygens (including phenoxy) is 2. The van der Waals surface area contributed by atoms with Gasteiger partial charge in [0.05, 0.1) is 17.7 Å². The molecule has 0 saturated carbocycles. The second-order valence-corrected chi connectivity index (χ2v) is 8.73. The fraction of sp³-hybridized carbons (Fsp3) is 0.286. The first-order valence-corrected chi connectivity index (χ1v) is 11.9. The summed E-state index contributed by atoms with van der Waals surface area (Å²) in [6, 6.07) is 17.8. The lowest BCUT2D eigenvalue weighted by Gasteiger charge is -2.26. The van der Waals surface area contributed by atoms with Crippen molar-refractivity contribution in [3.05, 3.63) is 93.0 Å². The molecule has 1 fully saturated rings. The molecule has 3 aromatic rings. The summed E-state index contributed by atoms with van der Waals surface area (Å²) >= 11 is 0. The number of carbonyl (C=O) groups is 1. The van der Waals surface area contributed by atoms with Crippen LogP contribution >= 0.6 is 0 Å². The summed E-state index contributed by atoms with van der Waals surface area (Å²) in [7, 11) is 1.56. The van der Waals surface area contributed by atoms with Crippen LogP contribution < -0.4 is 9.47 Å². The number of aryl methyl sites for hydroxylation is 1. The molecule has 186 valence electrons. The molecule has 1 aliphatic heterocycles. The Hall–Kier alpha value is -4.20. The van der Waals surface area contributed by atoms with Crippen LogP contribution in [0.15, 0.2) is 65.7 Å². The van der Waals surface area contributed by atoms with Crippen LogP contribution in [-0.4, -0.2) is 42.1 Å². The third-order valence-corrected chi connectivity index (χ3v) is 6.18. The predicted octanol–water partition coefficient (Wildman–Crippen LogP) is 5.87. The van der Waals surface area contributed by atoms with Gasteiger partial charge >= 0.3 is 0 Å². The lowest BCUT2D eigenvalue weighted by atomic mass is 10.1. The molecule has 0 bridgehead atoms. The number of benzene rings is 3. The summed E-state index contributed by atoms with van der Waals surface area (Å²) < 4.78 is 11.4. The molecular formula is C28H29N3O5. The molecule has 4 rings (SSSR count). The van der Waals surface area contributed by atoms with Gasteiger partial charge < -0.3 is 14.4 Å². The molecule has 0 spiro atoms. The summed E-state index contributed by atoms with van der Waals surface area (Å²) in [5, 5.41) is 11.2. The lowest BCUT2D eigenvalue weighted by molar-refractivity contribution is -0.385. The van der Waals surface area contributed by atoms with Crippen molar-refractivity contribution in [3.63, 3.8) is 0 Å². The highest BCUT2D eigenvalue weighted by atomic mass is 16.6. The number of piperidine rings is 1. The second-order valence-electron chi connectivity index (χ2n) is 8.73. The quantitative estimate of drug-likeness (QED) is 0.225. The van der Waals surface area contributed by atoms with Crippen molar-refractivity contribution in [1.82, 2.24) is 4.90 Å². The number of nitrogens with zero attached hydrogens (tertiary/aromatic N) is 3. The molecule has 1 saturated heterocycles. The minimum Gasteiger partial charge on any atom is -0.493 e. The smallest absolute Gasteiger partial charge is 0.274 e. The Labute approximate surface area is 210 Å². The number of nitro groups is 1. The first-order valence-electron chi connectivity index (χ1n) is 11.9.